The summed E-state index contributed by atoms with van der Waals surface area (Å²) in [5, 5.41) is 4.70. The Morgan fingerprint density at radius 1 is 1.30 bits per heavy atom. The van der Waals surface area contributed by atoms with Crippen LogP contribution in [0.1, 0.15) is 33.3 Å². The zero-order valence-corrected chi connectivity index (χ0v) is 12.9. The third-order valence-electron chi connectivity index (χ3n) is 3.20. The smallest absolute Gasteiger partial charge is 0.140 e. The lowest BCUT2D eigenvalue weighted by molar-refractivity contribution is 0.0732. The molecule has 0 spiro atoms. The molecule has 20 heavy (non-hydrogen) atoms. The average molecular weight is 275 g/mol. The van der Waals surface area contributed by atoms with E-state index in [9.17, 15) is 0 Å². The molecule has 1 N–H and O–H groups in total. The first-order chi connectivity index (χ1) is 9.58. The van der Waals surface area contributed by atoms with Crippen LogP contribution in [0, 0.1) is 0 Å². The number of pyridine rings is 1. The van der Waals surface area contributed by atoms with Crippen LogP contribution in [0.15, 0.2) is 24.5 Å². The van der Waals surface area contributed by atoms with Crippen molar-refractivity contribution in [1.29, 1.82) is 0 Å². The maximum Gasteiger partial charge on any atom is 0.140 e. The second-order valence-electron chi connectivity index (χ2n) is 5.68. The van der Waals surface area contributed by atoms with E-state index in [2.05, 4.69) is 54.8 Å². The van der Waals surface area contributed by atoms with Crippen LogP contribution < -0.4 is 5.32 Å². The van der Waals surface area contributed by atoms with Gasteiger partial charge in [-0.15, -0.1) is 0 Å². The number of fused-ring (bicyclic) bond motifs is 1. The lowest BCUT2D eigenvalue weighted by Crippen LogP contribution is -2.21. The van der Waals surface area contributed by atoms with Crippen LogP contribution in [0.5, 0.6) is 0 Å². The van der Waals surface area contributed by atoms with Crippen LogP contribution in [0.25, 0.3) is 11.0 Å². The summed E-state index contributed by atoms with van der Waals surface area (Å²) >= 11 is 0. The summed E-state index contributed by atoms with van der Waals surface area (Å²) in [7, 11) is 0. The molecule has 0 amide bonds. The Hall–Kier alpha value is -1.39. The molecule has 0 saturated carbocycles. The summed E-state index contributed by atoms with van der Waals surface area (Å²) in [6.07, 6.45) is 4.31. The first kappa shape index (κ1) is 15.0. The highest BCUT2D eigenvalue weighted by Gasteiger charge is 2.09. The predicted molar refractivity (Wildman–Crippen MR) is 82.8 cm³/mol. The van der Waals surface area contributed by atoms with E-state index in [1.165, 1.54) is 10.9 Å². The van der Waals surface area contributed by atoms with Gasteiger partial charge in [0.25, 0.3) is 0 Å². The van der Waals surface area contributed by atoms with Gasteiger partial charge in [-0.1, -0.05) is 13.8 Å². The Morgan fingerprint density at radius 3 is 2.80 bits per heavy atom. The van der Waals surface area contributed by atoms with Gasteiger partial charge in [-0.2, -0.15) is 0 Å². The van der Waals surface area contributed by atoms with Crippen LogP contribution in [0.4, 0.5) is 0 Å². The van der Waals surface area contributed by atoms with Gasteiger partial charge in [0.15, 0.2) is 0 Å². The SMILES string of the molecule is CC(C)NCc1cn(CCOC(C)C)c2ncccc12. The van der Waals surface area contributed by atoms with E-state index in [0.29, 0.717) is 6.04 Å². The average Bonchev–Trinajstić information content (AvgIpc) is 2.75. The van der Waals surface area contributed by atoms with Crippen molar-refractivity contribution < 1.29 is 4.74 Å². The zero-order valence-electron chi connectivity index (χ0n) is 12.9. The van der Waals surface area contributed by atoms with Gasteiger partial charge in [0.1, 0.15) is 5.65 Å². The van der Waals surface area contributed by atoms with Crippen LogP contribution in [-0.2, 0) is 17.8 Å². The number of hydrogen-bond acceptors (Lipinski definition) is 3. The van der Waals surface area contributed by atoms with Gasteiger partial charge < -0.3 is 14.6 Å². The van der Waals surface area contributed by atoms with E-state index in [1.54, 1.807) is 0 Å². The van der Waals surface area contributed by atoms with E-state index >= 15 is 0 Å². The van der Waals surface area contributed by atoms with E-state index in [4.69, 9.17) is 4.74 Å². The Morgan fingerprint density at radius 2 is 2.10 bits per heavy atom. The molecule has 0 aliphatic rings. The van der Waals surface area contributed by atoms with E-state index in [0.717, 1.165) is 25.3 Å². The van der Waals surface area contributed by atoms with E-state index in [-0.39, 0.29) is 6.10 Å². The van der Waals surface area contributed by atoms with Crippen molar-refractivity contribution >= 4 is 11.0 Å². The molecule has 2 rings (SSSR count). The molecule has 0 atom stereocenters. The zero-order chi connectivity index (χ0) is 14.5. The molecule has 0 fully saturated rings. The van der Waals surface area contributed by atoms with Crippen molar-refractivity contribution in [2.45, 2.75) is 52.9 Å². The lowest BCUT2D eigenvalue weighted by atomic mass is 10.2. The minimum absolute atomic E-state index is 0.270. The number of hydrogen-bond donors (Lipinski definition) is 1. The minimum atomic E-state index is 0.270. The number of nitrogens with zero attached hydrogens (tertiary/aromatic N) is 2. The predicted octanol–water partition coefficient (Wildman–Crippen LogP) is 2.96. The fourth-order valence-electron chi connectivity index (χ4n) is 2.21. The van der Waals surface area contributed by atoms with Crippen molar-refractivity contribution in [1.82, 2.24) is 14.9 Å². The molecule has 0 aliphatic heterocycles. The molecule has 0 aliphatic carbocycles. The van der Waals surface area contributed by atoms with Crippen molar-refractivity contribution in [2.24, 2.45) is 0 Å². The molecular weight excluding hydrogens is 250 g/mol. The normalized spacial score (nSPS) is 11.9. The fourth-order valence-corrected chi connectivity index (χ4v) is 2.21. The lowest BCUT2D eigenvalue weighted by Gasteiger charge is -2.08. The third-order valence-corrected chi connectivity index (χ3v) is 3.20. The molecule has 110 valence electrons. The first-order valence-electron chi connectivity index (χ1n) is 7.35. The summed E-state index contributed by atoms with van der Waals surface area (Å²) in [5.74, 6) is 0. The summed E-state index contributed by atoms with van der Waals surface area (Å²) < 4.78 is 7.83. The van der Waals surface area contributed by atoms with Gasteiger partial charge in [-0.3, -0.25) is 0 Å². The molecule has 0 aromatic carbocycles. The second-order valence-corrected chi connectivity index (χ2v) is 5.68. The van der Waals surface area contributed by atoms with Crippen molar-refractivity contribution in [2.75, 3.05) is 6.61 Å². The van der Waals surface area contributed by atoms with Gasteiger partial charge in [-0.05, 0) is 31.5 Å². The Bertz CT molecular complexity index is 546. The summed E-state index contributed by atoms with van der Waals surface area (Å²) in [6.45, 7) is 10.9. The maximum atomic E-state index is 5.64. The van der Waals surface area contributed by atoms with Gasteiger partial charge in [0.05, 0.1) is 12.7 Å². The molecule has 4 heteroatoms. The van der Waals surface area contributed by atoms with E-state index in [1.807, 2.05) is 12.3 Å². The highest BCUT2D eigenvalue weighted by molar-refractivity contribution is 5.80. The summed E-state index contributed by atoms with van der Waals surface area (Å²) in [5.41, 5.74) is 2.34. The monoisotopic (exact) mass is 275 g/mol. The highest BCUT2D eigenvalue weighted by Crippen LogP contribution is 2.19. The Balaban J connectivity index is 2.17. The molecule has 2 heterocycles. The molecular formula is C16H25N3O. The standard InChI is InChI=1S/C16H25N3O/c1-12(2)18-10-14-11-19(8-9-20-13(3)4)16-15(14)6-5-7-17-16/h5-7,11-13,18H,8-10H2,1-4H3. The minimum Gasteiger partial charge on any atom is -0.377 e. The molecule has 0 bridgehead atoms. The number of ether oxygens (including phenoxy) is 1. The Labute approximate surface area is 121 Å². The van der Waals surface area contributed by atoms with Crippen LogP contribution in [-0.4, -0.2) is 28.3 Å². The van der Waals surface area contributed by atoms with Crippen molar-refractivity contribution in [3.63, 3.8) is 0 Å². The molecule has 2 aromatic heterocycles. The van der Waals surface area contributed by atoms with Gasteiger partial charge in [-0.25, -0.2) is 4.98 Å². The van der Waals surface area contributed by atoms with Crippen LogP contribution >= 0.6 is 0 Å². The molecule has 2 aromatic rings. The highest BCUT2D eigenvalue weighted by atomic mass is 16.5. The van der Waals surface area contributed by atoms with Gasteiger partial charge in [0, 0.05) is 36.9 Å². The van der Waals surface area contributed by atoms with Crippen LogP contribution in [0.3, 0.4) is 0 Å². The van der Waals surface area contributed by atoms with Gasteiger partial charge in [0.2, 0.25) is 0 Å². The summed E-state index contributed by atoms with van der Waals surface area (Å²) in [6, 6.07) is 4.62. The van der Waals surface area contributed by atoms with Crippen LogP contribution in [0.2, 0.25) is 0 Å². The number of rotatable bonds is 7. The second kappa shape index (κ2) is 6.86. The topological polar surface area (TPSA) is 39.1 Å². The molecule has 0 saturated heterocycles. The summed E-state index contributed by atoms with van der Waals surface area (Å²) in [4.78, 5) is 4.51. The van der Waals surface area contributed by atoms with Crippen molar-refractivity contribution in [3.05, 3.63) is 30.1 Å². The number of nitrogens with one attached hydrogen (secondary N) is 1. The molecule has 0 unspecified atom stereocenters. The fraction of sp³-hybridized carbons (Fsp3) is 0.562. The number of aromatic nitrogens is 2. The van der Waals surface area contributed by atoms with Gasteiger partial charge >= 0.3 is 0 Å². The largest absolute Gasteiger partial charge is 0.377 e. The first-order valence-corrected chi connectivity index (χ1v) is 7.35. The molecule has 4 nitrogen and oxygen atoms in total. The third kappa shape index (κ3) is 3.81. The van der Waals surface area contributed by atoms with E-state index < -0.39 is 0 Å². The van der Waals surface area contributed by atoms with Crippen molar-refractivity contribution in [3.8, 4) is 0 Å². The maximum absolute atomic E-state index is 5.64. The molecule has 0 radical (unpaired) electrons. The Kier molecular flexibility index (Phi) is 5.15. The quantitative estimate of drug-likeness (QED) is 0.844.